The van der Waals surface area contributed by atoms with E-state index in [9.17, 15) is 4.79 Å². The van der Waals surface area contributed by atoms with Gasteiger partial charge in [-0.1, -0.05) is 30.3 Å². The Morgan fingerprint density at radius 3 is 2.84 bits per heavy atom. The van der Waals surface area contributed by atoms with Gasteiger partial charge in [-0.15, -0.1) is 0 Å². The van der Waals surface area contributed by atoms with Crippen molar-refractivity contribution < 1.29 is 4.79 Å². The lowest BCUT2D eigenvalue weighted by atomic mass is 10.1. The quantitative estimate of drug-likeness (QED) is 0.890. The maximum absolute atomic E-state index is 12.0. The molecule has 1 atom stereocenters. The summed E-state index contributed by atoms with van der Waals surface area (Å²) in [5, 5.41) is 8.82. The Balaban J connectivity index is 1.97. The largest absolute Gasteiger partial charge is 0.315 e. The highest BCUT2D eigenvalue weighted by atomic mass is 16.2. The van der Waals surface area contributed by atoms with E-state index in [0.29, 0.717) is 18.1 Å². The molecule has 94 valence electrons. The van der Waals surface area contributed by atoms with Crippen molar-refractivity contribution in [1.82, 2.24) is 9.97 Å². The second-order valence-corrected chi connectivity index (χ2v) is 4.46. The minimum absolute atomic E-state index is 0.00797. The van der Waals surface area contributed by atoms with Crippen LogP contribution in [-0.4, -0.2) is 15.9 Å². The molecule has 5 nitrogen and oxygen atoms in total. The van der Waals surface area contributed by atoms with E-state index < -0.39 is 0 Å². The molecule has 3 rings (SSSR count). The number of carbonyl (C=O) groups is 1. The number of benzene rings is 1. The minimum Gasteiger partial charge on any atom is -0.315 e. The van der Waals surface area contributed by atoms with Crippen molar-refractivity contribution in [3.63, 3.8) is 0 Å². The molecule has 5 heteroatoms. The van der Waals surface area contributed by atoms with Gasteiger partial charge < -0.3 is 4.98 Å². The van der Waals surface area contributed by atoms with Crippen LogP contribution in [0.3, 0.4) is 0 Å². The number of rotatable bonds is 2. The molecule has 1 aliphatic heterocycles. The van der Waals surface area contributed by atoms with Crippen molar-refractivity contribution >= 4 is 11.9 Å². The molecular weight excluding hydrogens is 240 g/mol. The Kier molecular flexibility index (Phi) is 2.76. The summed E-state index contributed by atoms with van der Waals surface area (Å²) in [6.07, 6.45) is 2.72. The molecule has 0 radical (unpaired) electrons. The molecule has 1 fully saturated rings. The number of hydrogen-bond donors (Lipinski definition) is 1. The second kappa shape index (κ2) is 4.58. The summed E-state index contributed by atoms with van der Waals surface area (Å²) in [5.74, 6) is 0.487. The molecule has 1 aliphatic rings. The third-order valence-electron chi connectivity index (χ3n) is 3.31. The van der Waals surface area contributed by atoms with Crippen molar-refractivity contribution in [2.45, 2.75) is 18.9 Å². The minimum atomic E-state index is -0.00797. The van der Waals surface area contributed by atoms with Crippen LogP contribution in [0.5, 0.6) is 0 Å². The monoisotopic (exact) mass is 252 g/mol. The molecule has 1 aromatic heterocycles. The van der Waals surface area contributed by atoms with E-state index in [-0.39, 0.29) is 11.9 Å². The highest BCUT2D eigenvalue weighted by molar-refractivity contribution is 5.94. The first-order valence-electron chi connectivity index (χ1n) is 6.11. The molecule has 0 spiro atoms. The molecule has 0 aliphatic carbocycles. The lowest BCUT2D eigenvalue weighted by Crippen LogP contribution is -2.28. The molecule has 2 aromatic rings. The van der Waals surface area contributed by atoms with Gasteiger partial charge in [-0.3, -0.25) is 9.69 Å². The number of aromatic amines is 1. The predicted octanol–water partition coefficient (Wildman–Crippen LogP) is 2.15. The van der Waals surface area contributed by atoms with Crippen LogP contribution in [0.4, 0.5) is 5.95 Å². The third-order valence-corrected chi connectivity index (χ3v) is 3.31. The van der Waals surface area contributed by atoms with Crippen LogP contribution in [-0.2, 0) is 4.79 Å². The van der Waals surface area contributed by atoms with Crippen molar-refractivity contribution in [2.24, 2.45) is 0 Å². The van der Waals surface area contributed by atoms with Crippen molar-refractivity contribution in [2.75, 3.05) is 4.90 Å². The first-order chi connectivity index (χ1) is 9.29. The molecule has 1 unspecified atom stereocenters. The van der Waals surface area contributed by atoms with Gasteiger partial charge in [0.25, 0.3) is 0 Å². The van der Waals surface area contributed by atoms with Crippen LogP contribution in [0, 0.1) is 11.3 Å². The maximum Gasteiger partial charge on any atom is 0.229 e. The van der Waals surface area contributed by atoms with E-state index in [2.05, 4.69) is 9.97 Å². The third kappa shape index (κ3) is 1.97. The Hall–Kier alpha value is -2.61. The zero-order valence-corrected chi connectivity index (χ0v) is 10.2. The highest BCUT2D eigenvalue weighted by Gasteiger charge is 2.34. The molecule has 1 saturated heterocycles. The summed E-state index contributed by atoms with van der Waals surface area (Å²) < 4.78 is 0. The van der Waals surface area contributed by atoms with Gasteiger partial charge in [0.2, 0.25) is 11.9 Å². The average Bonchev–Trinajstić information content (AvgIpc) is 3.05. The number of nitrogens with zero attached hydrogens (tertiary/aromatic N) is 3. The van der Waals surface area contributed by atoms with Gasteiger partial charge in [0, 0.05) is 6.42 Å². The maximum atomic E-state index is 12.0. The topological polar surface area (TPSA) is 72.8 Å². The van der Waals surface area contributed by atoms with Crippen LogP contribution in [0.1, 0.15) is 30.1 Å². The fourth-order valence-corrected chi connectivity index (χ4v) is 2.43. The predicted molar refractivity (Wildman–Crippen MR) is 69.2 cm³/mol. The zero-order valence-electron chi connectivity index (χ0n) is 10.2. The molecule has 2 heterocycles. The first-order valence-corrected chi connectivity index (χ1v) is 6.11. The molecule has 19 heavy (non-hydrogen) atoms. The van der Waals surface area contributed by atoms with Gasteiger partial charge in [-0.05, 0) is 12.0 Å². The molecular formula is C14H12N4O. The number of H-pyrrole nitrogens is 1. The van der Waals surface area contributed by atoms with Gasteiger partial charge in [-0.25, -0.2) is 4.98 Å². The van der Waals surface area contributed by atoms with Crippen LogP contribution in [0.25, 0.3) is 0 Å². The molecule has 0 bridgehead atoms. The molecule has 1 N–H and O–H groups in total. The number of nitrogens with one attached hydrogen (secondary N) is 1. The number of amides is 1. The second-order valence-electron chi connectivity index (χ2n) is 4.46. The zero-order chi connectivity index (χ0) is 13.2. The van der Waals surface area contributed by atoms with E-state index in [1.165, 1.54) is 6.20 Å². The highest BCUT2D eigenvalue weighted by Crippen LogP contribution is 2.35. The number of carbonyl (C=O) groups excluding carboxylic acids is 1. The van der Waals surface area contributed by atoms with Gasteiger partial charge >= 0.3 is 0 Å². The van der Waals surface area contributed by atoms with Gasteiger partial charge in [0.05, 0.1) is 12.2 Å². The fourth-order valence-electron chi connectivity index (χ4n) is 2.43. The lowest BCUT2D eigenvalue weighted by molar-refractivity contribution is -0.117. The summed E-state index contributed by atoms with van der Waals surface area (Å²) in [4.78, 5) is 20.7. The Labute approximate surface area is 110 Å². The molecule has 1 amide bonds. The summed E-state index contributed by atoms with van der Waals surface area (Å²) in [6, 6.07) is 11.8. The Morgan fingerprint density at radius 2 is 2.16 bits per heavy atom. The summed E-state index contributed by atoms with van der Waals surface area (Å²) in [5.41, 5.74) is 1.45. The Morgan fingerprint density at radius 1 is 1.37 bits per heavy atom. The standard InChI is InChI=1S/C14H12N4O/c15-8-11-9-16-14(17-11)18-12(6-7-13(18)19)10-4-2-1-3-5-10/h1-5,9,12H,6-7H2,(H,16,17). The number of nitriles is 1. The SMILES string of the molecule is N#Cc1cnc(N2C(=O)CCC2c2ccccc2)[nH]1. The van der Waals surface area contributed by atoms with Crippen LogP contribution in [0.2, 0.25) is 0 Å². The van der Waals surface area contributed by atoms with Crippen molar-refractivity contribution in [1.29, 1.82) is 5.26 Å². The summed E-state index contributed by atoms with van der Waals surface area (Å²) >= 11 is 0. The normalized spacial score (nSPS) is 18.6. The van der Waals surface area contributed by atoms with Gasteiger partial charge in [0.15, 0.2) is 0 Å². The number of aromatic nitrogens is 2. The number of anilines is 1. The van der Waals surface area contributed by atoms with E-state index in [0.717, 1.165) is 12.0 Å². The van der Waals surface area contributed by atoms with E-state index in [1.54, 1.807) is 4.90 Å². The lowest BCUT2D eigenvalue weighted by Gasteiger charge is -2.22. The van der Waals surface area contributed by atoms with Crippen molar-refractivity contribution in [3.8, 4) is 6.07 Å². The first kappa shape index (κ1) is 11.5. The van der Waals surface area contributed by atoms with Crippen LogP contribution >= 0.6 is 0 Å². The number of imidazole rings is 1. The average molecular weight is 252 g/mol. The molecule has 0 saturated carbocycles. The van der Waals surface area contributed by atoms with Crippen LogP contribution < -0.4 is 4.90 Å². The van der Waals surface area contributed by atoms with E-state index in [4.69, 9.17) is 5.26 Å². The van der Waals surface area contributed by atoms with Gasteiger partial charge in [0.1, 0.15) is 11.8 Å². The Bertz CT molecular complexity index is 641. The van der Waals surface area contributed by atoms with Crippen molar-refractivity contribution in [3.05, 3.63) is 47.8 Å². The van der Waals surface area contributed by atoms with E-state index >= 15 is 0 Å². The van der Waals surface area contributed by atoms with Crippen LogP contribution in [0.15, 0.2) is 36.5 Å². The molecule has 1 aromatic carbocycles. The number of hydrogen-bond acceptors (Lipinski definition) is 3. The smallest absolute Gasteiger partial charge is 0.229 e. The van der Waals surface area contributed by atoms with E-state index in [1.807, 2.05) is 36.4 Å². The summed E-state index contributed by atoms with van der Waals surface area (Å²) in [7, 11) is 0. The summed E-state index contributed by atoms with van der Waals surface area (Å²) in [6.45, 7) is 0. The van der Waals surface area contributed by atoms with Gasteiger partial charge in [-0.2, -0.15) is 5.26 Å². The fraction of sp³-hybridized carbons (Fsp3) is 0.214.